The van der Waals surface area contributed by atoms with Crippen molar-refractivity contribution in [3.05, 3.63) is 24.3 Å². The molecule has 3 rings (SSSR count). The van der Waals surface area contributed by atoms with Crippen molar-refractivity contribution in [2.45, 2.75) is 51.6 Å². The minimum absolute atomic E-state index is 0.0389. The number of anilines is 1. The van der Waals surface area contributed by atoms with Crippen molar-refractivity contribution < 1.29 is 17.9 Å². The largest absolute Gasteiger partial charge is 0.490 e. The Labute approximate surface area is 156 Å². The summed E-state index contributed by atoms with van der Waals surface area (Å²) in [5, 5.41) is 2.94. The number of carbonyl (C=O) groups excluding carboxylic acids is 1. The van der Waals surface area contributed by atoms with Gasteiger partial charge in [0.25, 0.3) is 0 Å². The summed E-state index contributed by atoms with van der Waals surface area (Å²) in [6, 6.07) is 7.51. The first kappa shape index (κ1) is 19.2. The van der Waals surface area contributed by atoms with Crippen LogP contribution in [0.25, 0.3) is 0 Å². The molecule has 1 N–H and O–H groups in total. The van der Waals surface area contributed by atoms with E-state index in [1.807, 2.05) is 24.3 Å². The molecule has 0 aromatic heterocycles. The standard InChI is InChI=1S/C19H28N2O4S/c1-2-26(23,24)21-13-11-15(12-14-21)19(22)20-16-7-9-18(10-8-16)25-17-5-3-4-6-17/h7-10,15,17H,2-6,11-14H2,1H3,(H,20,22). The number of hydrogen-bond donors (Lipinski definition) is 1. The molecule has 1 saturated carbocycles. The number of piperidine rings is 1. The summed E-state index contributed by atoms with van der Waals surface area (Å²) in [5.41, 5.74) is 0.748. The molecule has 2 fully saturated rings. The summed E-state index contributed by atoms with van der Waals surface area (Å²) in [5.74, 6) is 0.766. The summed E-state index contributed by atoms with van der Waals surface area (Å²) in [6.07, 6.45) is 6.14. The first-order valence-electron chi connectivity index (χ1n) is 9.53. The molecule has 1 heterocycles. The molecule has 7 heteroatoms. The van der Waals surface area contributed by atoms with Crippen LogP contribution >= 0.6 is 0 Å². The molecule has 1 saturated heterocycles. The summed E-state index contributed by atoms with van der Waals surface area (Å²) in [4.78, 5) is 12.4. The molecule has 6 nitrogen and oxygen atoms in total. The number of ether oxygens (including phenoxy) is 1. The lowest BCUT2D eigenvalue weighted by atomic mass is 9.97. The summed E-state index contributed by atoms with van der Waals surface area (Å²) >= 11 is 0. The fourth-order valence-corrected chi connectivity index (χ4v) is 4.77. The second kappa shape index (κ2) is 8.39. The van der Waals surface area contributed by atoms with Crippen LogP contribution < -0.4 is 10.1 Å². The van der Waals surface area contributed by atoms with Gasteiger partial charge in [-0.05, 0) is 69.7 Å². The zero-order valence-electron chi connectivity index (χ0n) is 15.3. The van der Waals surface area contributed by atoms with E-state index in [0.29, 0.717) is 32.0 Å². The number of sulfonamides is 1. The van der Waals surface area contributed by atoms with Gasteiger partial charge in [-0.3, -0.25) is 4.79 Å². The van der Waals surface area contributed by atoms with Crippen LogP contribution in [0.2, 0.25) is 0 Å². The number of amides is 1. The lowest BCUT2D eigenvalue weighted by Crippen LogP contribution is -2.42. The van der Waals surface area contributed by atoms with E-state index < -0.39 is 10.0 Å². The van der Waals surface area contributed by atoms with Crippen molar-refractivity contribution >= 4 is 21.6 Å². The highest BCUT2D eigenvalue weighted by molar-refractivity contribution is 7.89. The zero-order valence-corrected chi connectivity index (χ0v) is 16.1. The van der Waals surface area contributed by atoms with Gasteiger partial charge >= 0.3 is 0 Å². The highest BCUT2D eigenvalue weighted by Gasteiger charge is 2.30. The van der Waals surface area contributed by atoms with Gasteiger partial charge in [0.2, 0.25) is 15.9 Å². The normalized spacial score (nSPS) is 20.2. The van der Waals surface area contributed by atoms with Crippen LogP contribution in [-0.2, 0) is 14.8 Å². The van der Waals surface area contributed by atoms with Gasteiger partial charge in [0.15, 0.2) is 0 Å². The van der Waals surface area contributed by atoms with Crippen LogP contribution in [0.5, 0.6) is 5.75 Å². The van der Waals surface area contributed by atoms with Gasteiger partial charge in [-0.15, -0.1) is 0 Å². The van der Waals surface area contributed by atoms with Crippen LogP contribution in [0.3, 0.4) is 0 Å². The van der Waals surface area contributed by atoms with Crippen molar-refractivity contribution in [3.8, 4) is 5.75 Å². The summed E-state index contributed by atoms with van der Waals surface area (Å²) in [7, 11) is -3.16. The summed E-state index contributed by atoms with van der Waals surface area (Å²) < 4.78 is 31.2. The Kier molecular flexibility index (Phi) is 6.19. The van der Waals surface area contributed by atoms with Crippen LogP contribution in [0, 0.1) is 5.92 Å². The number of nitrogens with one attached hydrogen (secondary N) is 1. The third kappa shape index (κ3) is 4.76. The lowest BCUT2D eigenvalue weighted by Gasteiger charge is -2.30. The number of nitrogens with zero attached hydrogens (tertiary/aromatic N) is 1. The van der Waals surface area contributed by atoms with Gasteiger partial charge in [-0.1, -0.05) is 0 Å². The maximum atomic E-state index is 12.4. The van der Waals surface area contributed by atoms with Gasteiger partial charge in [-0.2, -0.15) is 0 Å². The quantitative estimate of drug-likeness (QED) is 0.823. The first-order valence-corrected chi connectivity index (χ1v) is 11.1. The molecule has 2 aliphatic rings. The van der Waals surface area contributed by atoms with E-state index in [9.17, 15) is 13.2 Å². The molecular weight excluding hydrogens is 352 g/mol. The van der Waals surface area contributed by atoms with E-state index in [1.165, 1.54) is 17.1 Å². The van der Waals surface area contributed by atoms with Crippen LogP contribution in [0.1, 0.15) is 45.4 Å². The van der Waals surface area contributed by atoms with Gasteiger partial charge in [-0.25, -0.2) is 12.7 Å². The van der Waals surface area contributed by atoms with Gasteiger partial charge < -0.3 is 10.1 Å². The van der Waals surface area contributed by atoms with E-state index in [1.54, 1.807) is 6.92 Å². The SMILES string of the molecule is CCS(=O)(=O)N1CCC(C(=O)Nc2ccc(OC3CCCC3)cc2)CC1. The Hall–Kier alpha value is -1.60. The third-order valence-electron chi connectivity index (χ3n) is 5.31. The van der Waals surface area contributed by atoms with Gasteiger partial charge in [0.1, 0.15) is 5.75 Å². The van der Waals surface area contributed by atoms with Crippen molar-refractivity contribution in [2.24, 2.45) is 5.92 Å². The maximum absolute atomic E-state index is 12.4. The molecule has 0 radical (unpaired) electrons. The fourth-order valence-electron chi connectivity index (χ4n) is 3.64. The van der Waals surface area contributed by atoms with E-state index in [-0.39, 0.29) is 17.6 Å². The smallest absolute Gasteiger partial charge is 0.227 e. The molecule has 1 aliphatic carbocycles. The second-order valence-electron chi connectivity index (χ2n) is 7.11. The second-order valence-corrected chi connectivity index (χ2v) is 9.37. The number of benzene rings is 1. The van der Waals surface area contributed by atoms with Crippen molar-refractivity contribution in [1.82, 2.24) is 4.31 Å². The number of rotatable bonds is 6. The lowest BCUT2D eigenvalue weighted by molar-refractivity contribution is -0.120. The highest BCUT2D eigenvalue weighted by atomic mass is 32.2. The van der Waals surface area contributed by atoms with Crippen molar-refractivity contribution in [1.29, 1.82) is 0 Å². The van der Waals surface area contributed by atoms with Crippen molar-refractivity contribution in [2.75, 3.05) is 24.2 Å². The molecule has 1 aromatic rings. The molecule has 0 unspecified atom stereocenters. The van der Waals surface area contributed by atoms with E-state index >= 15 is 0 Å². The Morgan fingerprint density at radius 1 is 1.12 bits per heavy atom. The predicted molar refractivity (Wildman–Crippen MR) is 102 cm³/mol. The molecule has 0 bridgehead atoms. The van der Waals surface area contributed by atoms with Crippen LogP contribution in [0.15, 0.2) is 24.3 Å². The minimum Gasteiger partial charge on any atom is -0.490 e. The first-order chi connectivity index (χ1) is 12.5. The number of hydrogen-bond acceptors (Lipinski definition) is 4. The summed E-state index contributed by atoms with van der Waals surface area (Å²) in [6.45, 7) is 2.49. The van der Waals surface area contributed by atoms with E-state index in [2.05, 4.69) is 5.32 Å². The van der Waals surface area contributed by atoms with Gasteiger partial charge in [0, 0.05) is 24.7 Å². The van der Waals surface area contributed by atoms with Crippen LogP contribution in [0.4, 0.5) is 5.69 Å². The predicted octanol–water partition coefficient (Wildman–Crippen LogP) is 3.01. The average molecular weight is 381 g/mol. The van der Waals surface area contributed by atoms with E-state index in [0.717, 1.165) is 24.3 Å². The molecule has 26 heavy (non-hydrogen) atoms. The van der Waals surface area contributed by atoms with Crippen LogP contribution in [-0.4, -0.2) is 43.6 Å². The molecule has 0 atom stereocenters. The van der Waals surface area contributed by atoms with E-state index in [4.69, 9.17) is 4.74 Å². The zero-order chi connectivity index (χ0) is 18.6. The molecule has 1 aromatic carbocycles. The molecule has 144 valence electrons. The highest BCUT2D eigenvalue weighted by Crippen LogP contribution is 2.26. The van der Waals surface area contributed by atoms with Gasteiger partial charge in [0.05, 0.1) is 11.9 Å². The molecular formula is C19H28N2O4S. The number of carbonyl (C=O) groups is 1. The monoisotopic (exact) mass is 380 g/mol. The third-order valence-corrected chi connectivity index (χ3v) is 7.19. The Morgan fingerprint density at radius 2 is 1.73 bits per heavy atom. The fraction of sp³-hybridized carbons (Fsp3) is 0.632. The molecule has 1 amide bonds. The Balaban J connectivity index is 1.49. The Morgan fingerprint density at radius 3 is 2.31 bits per heavy atom. The van der Waals surface area contributed by atoms with Crippen molar-refractivity contribution in [3.63, 3.8) is 0 Å². The average Bonchev–Trinajstić information content (AvgIpc) is 3.16. The maximum Gasteiger partial charge on any atom is 0.227 e. The Bertz CT molecular complexity index is 704. The minimum atomic E-state index is -3.16. The molecule has 0 spiro atoms. The topological polar surface area (TPSA) is 75.7 Å². The molecule has 1 aliphatic heterocycles.